The summed E-state index contributed by atoms with van der Waals surface area (Å²) >= 11 is 0. The summed E-state index contributed by atoms with van der Waals surface area (Å²) < 4.78 is 5.08. The topological polar surface area (TPSA) is 90.9 Å². The second-order valence-electron chi connectivity index (χ2n) is 4.73. The number of amides is 3. The lowest BCUT2D eigenvalue weighted by atomic mass is 10.2. The Morgan fingerprint density at radius 2 is 2.14 bits per heavy atom. The molecule has 1 aromatic carbocycles. The molecule has 7 nitrogen and oxygen atoms in total. The van der Waals surface area contributed by atoms with Crippen molar-refractivity contribution in [3.63, 3.8) is 0 Å². The Labute approximate surface area is 122 Å². The summed E-state index contributed by atoms with van der Waals surface area (Å²) in [6.45, 7) is 0.501. The maximum atomic E-state index is 12.0. The van der Waals surface area contributed by atoms with E-state index in [0.717, 1.165) is 11.4 Å². The Balaban J connectivity index is 1.94. The number of hydrogen-bond donors (Lipinski definition) is 3. The highest BCUT2D eigenvalue weighted by Crippen LogP contribution is 2.24. The van der Waals surface area contributed by atoms with Crippen LogP contribution in [0.25, 0.3) is 0 Å². The summed E-state index contributed by atoms with van der Waals surface area (Å²) in [5.74, 6) is 0.691. The number of nitrogens with one attached hydrogen (secondary N) is 2. The molecule has 0 bridgehead atoms. The molecule has 114 valence electrons. The van der Waals surface area contributed by atoms with Crippen LogP contribution in [0.2, 0.25) is 0 Å². The number of carbonyl (C=O) groups excluding carboxylic acids is 2. The van der Waals surface area contributed by atoms with Crippen LogP contribution in [0, 0.1) is 0 Å². The zero-order chi connectivity index (χ0) is 15.2. The van der Waals surface area contributed by atoms with E-state index in [9.17, 15) is 9.59 Å². The van der Waals surface area contributed by atoms with Crippen molar-refractivity contribution in [1.82, 2.24) is 10.6 Å². The number of ether oxygens (including phenoxy) is 1. The summed E-state index contributed by atoms with van der Waals surface area (Å²) in [5, 5.41) is 13.9. The van der Waals surface area contributed by atoms with E-state index >= 15 is 0 Å². The second kappa shape index (κ2) is 6.94. The Hall–Kier alpha value is -2.28. The first-order valence-electron chi connectivity index (χ1n) is 6.73. The van der Waals surface area contributed by atoms with Crippen LogP contribution < -0.4 is 20.3 Å². The van der Waals surface area contributed by atoms with E-state index in [1.165, 1.54) is 0 Å². The molecule has 21 heavy (non-hydrogen) atoms. The van der Waals surface area contributed by atoms with Gasteiger partial charge in [-0.2, -0.15) is 0 Å². The molecule has 1 fully saturated rings. The number of aliphatic hydroxyl groups is 1. The third-order valence-electron chi connectivity index (χ3n) is 3.24. The van der Waals surface area contributed by atoms with Crippen LogP contribution in [0.15, 0.2) is 24.3 Å². The van der Waals surface area contributed by atoms with Gasteiger partial charge in [0.05, 0.1) is 19.8 Å². The Morgan fingerprint density at radius 3 is 2.76 bits per heavy atom. The first kappa shape index (κ1) is 15.1. The van der Waals surface area contributed by atoms with Crippen molar-refractivity contribution in [1.29, 1.82) is 0 Å². The molecule has 0 aliphatic carbocycles. The average molecular weight is 293 g/mol. The lowest BCUT2D eigenvalue weighted by Crippen LogP contribution is -2.44. The number of carbonyl (C=O) groups is 2. The van der Waals surface area contributed by atoms with Crippen LogP contribution >= 0.6 is 0 Å². The third-order valence-corrected chi connectivity index (χ3v) is 3.24. The zero-order valence-electron chi connectivity index (χ0n) is 11.8. The molecular weight excluding hydrogens is 274 g/mol. The summed E-state index contributed by atoms with van der Waals surface area (Å²) in [4.78, 5) is 25.2. The molecule has 1 heterocycles. The molecule has 1 aromatic rings. The van der Waals surface area contributed by atoms with E-state index in [1.54, 1.807) is 24.1 Å². The van der Waals surface area contributed by atoms with Gasteiger partial charge < -0.3 is 25.4 Å². The van der Waals surface area contributed by atoms with Crippen molar-refractivity contribution in [3.05, 3.63) is 24.3 Å². The van der Waals surface area contributed by atoms with Gasteiger partial charge in [0.15, 0.2) is 0 Å². The lowest BCUT2D eigenvalue weighted by molar-refractivity contribution is -0.117. The molecule has 3 amide bonds. The first-order valence-corrected chi connectivity index (χ1v) is 6.73. The van der Waals surface area contributed by atoms with Crippen LogP contribution in [0.3, 0.4) is 0 Å². The Morgan fingerprint density at radius 1 is 1.43 bits per heavy atom. The Kier molecular flexibility index (Phi) is 4.99. The van der Waals surface area contributed by atoms with Gasteiger partial charge in [0.25, 0.3) is 0 Å². The fourth-order valence-electron chi connectivity index (χ4n) is 2.22. The molecule has 1 aliphatic rings. The zero-order valence-corrected chi connectivity index (χ0v) is 11.8. The molecule has 0 saturated carbocycles. The summed E-state index contributed by atoms with van der Waals surface area (Å²) in [6.07, 6.45) is 0.262. The largest absolute Gasteiger partial charge is 0.497 e. The van der Waals surface area contributed by atoms with Gasteiger partial charge in [-0.3, -0.25) is 4.79 Å². The predicted octanol–water partition coefficient (Wildman–Crippen LogP) is 0.0920. The minimum absolute atomic E-state index is 0.0346. The van der Waals surface area contributed by atoms with Gasteiger partial charge in [0, 0.05) is 25.2 Å². The molecule has 7 heteroatoms. The molecule has 3 N–H and O–H groups in total. The Bertz CT molecular complexity index is 503. The van der Waals surface area contributed by atoms with Crippen molar-refractivity contribution in [2.75, 3.05) is 31.7 Å². The van der Waals surface area contributed by atoms with Crippen LogP contribution in [-0.2, 0) is 4.79 Å². The van der Waals surface area contributed by atoms with E-state index in [0.29, 0.717) is 6.54 Å². The van der Waals surface area contributed by atoms with Gasteiger partial charge in [-0.25, -0.2) is 4.79 Å². The molecule has 0 spiro atoms. The number of hydrogen-bond acceptors (Lipinski definition) is 4. The highest BCUT2D eigenvalue weighted by molar-refractivity contribution is 5.96. The van der Waals surface area contributed by atoms with Gasteiger partial charge in [-0.1, -0.05) is 0 Å². The van der Waals surface area contributed by atoms with Crippen LogP contribution in [0.5, 0.6) is 5.75 Å². The smallest absolute Gasteiger partial charge is 0.315 e. The van der Waals surface area contributed by atoms with Crippen LogP contribution in [0.4, 0.5) is 10.5 Å². The fourth-order valence-corrected chi connectivity index (χ4v) is 2.22. The van der Waals surface area contributed by atoms with E-state index in [-0.39, 0.29) is 37.6 Å². The normalized spacial score (nSPS) is 17.7. The highest BCUT2D eigenvalue weighted by Gasteiger charge is 2.31. The highest BCUT2D eigenvalue weighted by atomic mass is 16.5. The number of rotatable bonds is 5. The minimum atomic E-state index is -0.376. The summed E-state index contributed by atoms with van der Waals surface area (Å²) in [5.41, 5.74) is 0.779. The number of anilines is 1. The molecule has 2 rings (SSSR count). The van der Waals surface area contributed by atoms with Gasteiger partial charge in [-0.05, 0) is 24.3 Å². The second-order valence-corrected chi connectivity index (χ2v) is 4.73. The molecule has 0 radical (unpaired) electrons. The van der Waals surface area contributed by atoms with Crippen molar-refractivity contribution < 1.29 is 19.4 Å². The van der Waals surface area contributed by atoms with Gasteiger partial charge >= 0.3 is 6.03 Å². The number of aliphatic hydroxyl groups excluding tert-OH is 1. The molecule has 1 unspecified atom stereocenters. The maximum Gasteiger partial charge on any atom is 0.315 e. The molecule has 1 atom stereocenters. The minimum Gasteiger partial charge on any atom is -0.497 e. The van der Waals surface area contributed by atoms with E-state index in [2.05, 4.69) is 10.6 Å². The van der Waals surface area contributed by atoms with Crippen molar-refractivity contribution >= 4 is 17.6 Å². The lowest BCUT2D eigenvalue weighted by Gasteiger charge is -2.17. The van der Waals surface area contributed by atoms with Gasteiger partial charge in [-0.15, -0.1) is 0 Å². The van der Waals surface area contributed by atoms with Crippen molar-refractivity contribution in [2.24, 2.45) is 0 Å². The predicted molar refractivity (Wildman–Crippen MR) is 77.4 cm³/mol. The van der Waals surface area contributed by atoms with E-state index in [4.69, 9.17) is 9.84 Å². The monoisotopic (exact) mass is 293 g/mol. The van der Waals surface area contributed by atoms with Crippen LogP contribution in [-0.4, -0.2) is 49.9 Å². The van der Waals surface area contributed by atoms with Crippen LogP contribution in [0.1, 0.15) is 6.42 Å². The first-order chi connectivity index (χ1) is 10.1. The van der Waals surface area contributed by atoms with E-state index < -0.39 is 0 Å². The number of nitrogens with zero attached hydrogens (tertiary/aromatic N) is 1. The summed E-state index contributed by atoms with van der Waals surface area (Å²) in [6, 6.07) is 6.58. The molecular formula is C14H19N3O4. The average Bonchev–Trinajstić information content (AvgIpc) is 2.85. The molecule has 1 aliphatic heterocycles. The quantitative estimate of drug-likeness (QED) is 0.717. The summed E-state index contributed by atoms with van der Waals surface area (Å²) in [7, 11) is 1.58. The number of benzene rings is 1. The van der Waals surface area contributed by atoms with Crippen molar-refractivity contribution in [2.45, 2.75) is 12.5 Å². The van der Waals surface area contributed by atoms with Crippen molar-refractivity contribution in [3.8, 4) is 5.75 Å². The van der Waals surface area contributed by atoms with Gasteiger partial charge in [0.1, 0.15) is 5.75 Å². The fraction of sp³-hybridized carbons (Fsp3) is 0.429. The van der Waals surface area contributed by atoms with Gasteiger partial charge in [0.2, 0.25) is 5.91 Å². The third kappa shape index (κ3) is 3.85. The maximum absolute atomic E-state index is 12.0. The number of methoxy groups -OCH3 is 1. The molecule has 0 aromatic heterocycles. The number of urea groups is 1. The van der Waals surface area contributed by atoms with E-state index in [1.807, 2.05) is 12.1 Å². The standard InChI is InChI=1S/C14H19N3O4/c1-21-12-4-2-11(3-5-12)17-9-10(8-13(17)19)16-14(20)15-6-7-18/h2-5,10,18H,6-9H2,1H3,(H2,15,16,20). The molecule has 1 saturated heterocycles. The SMILES string of the molecule is COc1ccc(N2CC(NC(=O)NCCO)CC2=O)cc1.